The zero-order valence-electron chi connectivity index (χ0n) is 11.9. The molecule has 3 heteroatoms. The zero-order chi connectivity index (χ0) is 13.9. The zero-order valence-corrected chi connectivity index (χ0v) is 11.9. The molecular weight excluding hydrogens is 246 g/mol. The van der Waals surface area contributed by atoms with Gasteiger partial charge in [-0.3, -0.25) is 9.88 Å². The van der Waals surface area contributed by atoms with Gasteiger partial charge in [0.05, 0.1) is 11.9 Å². The largest absolute Gasteiger partial charge is 0.397 e. The third kappa shape index (κ3) is 2.54. The van der Waals surface area contributed by atoms with Crippen LogP contribution in [0.1, 0.15) is 31.4 Å². The molecule has 2 N–H and O–H groups in total. The summed E-state index contributed by atoms with van der Waals surface area (Å²) in [5.74, 6) is 0. The van der Waals surface area contributed by atoms with Gasteiger partial charge in [0.25, 0.3) is 0 Å². The second-order valence-corrected chi connectivity index (χ2v) is 5.50. The molecule has 0 spiro atoms. The van der Waals surface area contributed by atoms with Crippen LogP contribution in [-0.4, -0.2) is 23.0 Å². The molecule has 1 saturated heterocycles. The molecule has 1 aliphatic rings. The van der Waals surface area contributed by atoms with Gasteiger partial charge in [-0.2, -0.15) is 0 Å². The van der Waals surface area contributed by atoms with E-state index >= 15 is 0 Å². The molecule has 1 aliphatic heterocycles. The maximum Gasteiger partial charge on any atom is 0.0580 e. The SMILES string of the molecule is CC(c1ccc(-c2ccncc2N)cc1)N1CCCC1. The first kappa shape index (κ1) is 13.1. The van der Waals surface area contributed by atoms with E-state index in [1.54, 1.807) is 12.4 Å². The van der Waals surface area contributed by atoms with Gasteiger partial charge in [-0.1, -0.05) is 24.3 Å². The van der Waals surface area contributed by atoms with Crippen LogP contribution in [0.25, 0.3) is 11.1 Å². The van der Waals surface area contributed by atoms with Gasteiger partial charge in [0, 0.05) is 17.8 Å². The second-order valence-electron chi connectivity index (χ2n) is 5.50. The summed E-state index contributed by atoms with van der Waals surface area (Å²) in [4.78, 5) is 6.59. The number of hydrogen-bond donors (Lipinski definition) is 1. The lowest BCUT2D eigenvalue weighted by molar-refractivity contribution is 0.263. The van der Waals surface area contributed by atoms with E-state index in [-0.39, 0.29) is 0 Å². The van der Waals surface area contributed by atoms with Gasteiger partial charge in [0.1, 0.15) is 0 Å². The average molecular weight is 267 g/mol. The van der Waals surface area contributed by atoms with Crippen molar-refractivity contribution < 1.29 is 0 Å². The van der Waals surface area contributed by atoms with E-state index in [9.17, 15) is 0 Å². The first-order valence-electron chi connectivity index (χ1n) is 7.29. The lowest BCUT2D eigenvalue weighted by Gasteiger charge is -2.24. The van der Waals surface area contributed by atoms with Crippen LogP contribution in [0, 0.1) is 0 Å². The van der Waals surface area contributed by atoms with E-state index in [1.165, 1.54) is 31.5 Å². The quantitative estimate of drug-likeness (QED) is 0.925. The van der Waals surface area contributed by atoms with Gasteiger partial charge in [-0.25, -0.2) is 0 Å². The fourth-order valence-corrected chi connectivity index (χ4v) is 2.95. The second kappa shape index (κ2) is 5.63. The molecule has 0 bridgehead atoms. The first-order chi connectivity index (χ1) is 9.75. The van der Waals surface area contributed by atoms with Crippen molar-refractivity contribution in [3.8, 4) is 11.1 Å². The van der Waals surface area contributed by atoms with Crippen molar-refractivity contribution >= 4 is 5.69 Å². The average Bonchev–Trinajstić information content (AvgIpc) is 3.01. The number of anilines is 1. The molecule has 1 fully saturated rings. The summed E-state index contributed by atoms with van der Waals surface area (Å²) >= 11 is 0. The maximum atomic E-state index is 5.98. The van der Waals surface area contributed by atoms with E-state index in [4.69, 9.17) is 5.73 Å². The number of rotatable bonds is 3. The fourth-order valence-electron chi connectivity index (χ4n) is 2.95. The van der Waals surface area contributed by atoms with Crippen molar-refractivity contribution in [1.29, 1.82) is 0 Å². The number of benzene rings is 1. The Hall–Kier alpha value is -1.87. The number of nitrogens with zero attached hydrogens (tertiary/aromatic N) is 2. The van der Waals surface area contributed by atoms with Crippen LogP contribution in [0.3, 0.4) is 0 Å². The summed E-state index contributed by atoms with van der Waals surface area (Å²) in [7, 11) is 0. The molecule has 0 aliphatic carbocycles. The Morgan fingerprint density at radius 1 is 1.10 bits per heavy atom. The molecule has 1 aromatic heterocycles. The third-order valence-corrected chi connectivity index (χ3v) is 4.24. The van der Waals surface area contributed by atoms with Crippen LogP contribution in [-0.2, 0) is 0 Å². The van der Waals surface area contributed by atoms with Crippen molar-refractivity contribution in [2.75, 3.05) is 18.8 Å². The topological polar surface area (TPSA) is 42.1 Å². The monoisotopic (exact) mass is 267 g/mol. The minimum absolute atomic E-state index is 0.501. The Morgan fingerprint density at radius 3 is 2.45 bits per heavy atom. The Bertz CT molecular complexity index is 571. The third-order valence-electron chi connectivity index (χ3n) is 4.24. The van der Waals surface area contributed by atoms with E-state index in [0.717, 1.165) is 16.8 Å². The van der Waals surface area contributed by atoms with Crippen LogP contribution < -0.4 is 5.73 Å². The van der Waals surface area contributed by atoms with Crippen molar-refractivity contribution in [1.82, 2.24) is 9.88 Å². The molecule has 2 heterocycles. The molecular formula is C17H21N3. The van der Waals surface area contributed by atoms with Crippen molar-refractivity contribution in [3.05, 3.63) is 48.3 Å². The van der Waals surface area contributed by atoms with E-state index in [1.807, 2.05) is 6.07 Å². The molecule has 3 rings (SSSR count). The summed E-state index contributed by atoms with van der Waals surface area (Å²) in [5.41, 5.74) is 10.3. The lowest BCUT2D eigenvalue weighted by atomic mass is 10.0. The van der Waals surface area contributed by atoms with Crippen LogP contribution in [0.5, 0.6) is 0 Å². The smallest absolute Gasteiger partial charge is 0.0580 e. The molecule has 104 valence electrons. The molecule has 3 nitrogen and oxygen atoms in total. The molecule has 1 aromatic carbocycles. The Balaban J connectivity index is 1.82. The number of hydrogen-bond acceptors (Lipinski definition) is 3. The predicted molar refractivity (Wildman–Crippen MR) is 83.3 cm³/mol. The van der Waals surface area contributed by atoms with E-state index in [0.29, 0.717) is 6.04 Å². The van der Waals surface area contributed by atoms with Crippen molar-refractivity contribution in [3.63, 3.8) is 0 Å². The highest BCUT2D eigenvalue weighted by molar-refractivity contribution is 5.75. The molecule has 1 atom stereocenters. The Kier molecular flexibility index (Phi) is 3.70. The number of likely N-dealkylation sites (tertiary alicyclic amines) is 1. The van der Waals surface area contributed by atoms with E-state index < -0.39 is 0 Å². The standard InChI is InChI=1S/C17H21N3/c1-13(20-10-2-3-11-20)14-4-6-15(7-5-14)16-8-9-19-12-17(16)18/h4-9,12-13H,2-3,10-11,18H2,1H3. The van der Waals surface area contributed by atoms with Gasteiger partial charge < -0.3 is 5.73 Å². The first-order valence-corrected chi connectivity index (χ1v) is 7.29. The predicted octanol–water partition coefficient (Wildman–Crippen LogP) is 3.49. The van der Waals surface area contributed by atoms with Gasteiger partial charge in [-0.15, -0.1) is 0 Å². The summed E-state index contributed by atoms with van der Waals surface area (Å²) in [6, 6.07) is 11.2. The lowest BCUT2D eigenvalue weighted by Crippen LogP contribution is -2.23. The number of nitrogens with two attached hydrogens (primary N) is 1. The highest BCUT2D eigenvalue weighted by Crippen LogP contribution is 2.29. The Morgan fingerprint density at radius 2 is 1.80 bits per heavy atom. The fraction of sp³-hybridized carbons (Fsp3) is 0.353. The molecule has 1 unspecified atom stereocenters. The molecule has 0 amide bonds. The molecule has 20 heavy (non-hydrogen) atoms. The van der Waals surface area contributed by atoms with Crippen molar-refractivity contribution in [2.45, 2.75) is 25.8 Å². The van der Waals surface area contributed by atoms with Crippen LogP contribution in [0.4, 0.5) is 5.69 Å². The van der Waals surface area contributed by atoms with Crippen LogP contribution in [0.2, 0.25) is 0 Å². The summed E-state index contributed by atoms with van der Waals surface area (Å²) < 4.78 is 0. The van der Waals surface area contributed by atoms with E-state index in [2.05, 4.69) is 41.1 Å². The Labute approximate surface area is 120 Å². The minimum atomic E-state index is 0.501. The summed E-state index contributed by atoms with van der Waals surface area (Å²) in [5, 5.41) is 0. The van der Waals surface area contributed by atoms with Crippen LogP contribution >= 0.6 is 0 Å². The molecule has 0 radical (unpaired) electrons. The molecule has 0 saturated carbocycles. The van der Waals surface area contributed by atoms with Gasteiger partial charge in [0.2, 0.25) is 0 Å². The van der Waals surface area contributed by atoms with Gasteiger partial charge in [-0.05, 0) is 50.0 Å². The van der Waals surface area contributed by atoms with Gasteiger partial charge >= 0.3 is 0 Å². The summed E-state index contributed by atoms with van der Waals surface area (Å²) in [6.45, 7) is 4.74. The number of nitrogen functional groups attached to an aromatic ring is 1. The maximum absolute atomic E-state index is 5.98. The highest BCUT2D eigenvalue weighted by atomic mass is 15.2. The van der Waals surface area contributed by atoms with Crippen LogP contribution in [0.15, 0.2) is 42.7 Å². The number of pyridine rings is 1. The summed E-state index contributed by atoms with van der Waals surface area (Å²) in [6.07, 6.45) is 6.15. The minimum Gasteiger partial charge on any atom is -0.397 e. The normalized spacial score (nSPS) is 17.2. The van der Waals surface area contributed by atoms with Gasteiger partial charge in [0.15, 0.2) is 0 Å². The molecule has 2 aromatic rings. The highest BCUT2D eigenvalue weighted by Gasteiger charge is 2.19. The van der Waals surface area contributed by atoms with Crippen molar-refractivity contribution in [2.24, 2.45) is 0 Å². The number of aromatic nitrogens is 1.